The molecule has 1 rings (SSSR count). The maximum atomic E-state index is 12.7. The summed E-state index contributed by atoms with van der Waals surface area (Å²) in [5.41, 5.74) is 4.79. The Morgan fingerprint density at radius 3 is 2.33 bits per heavy atom. The van der Waals surface area contributed by atoms with Gasteiger partial charge in [-0.3, -0.25) is 20.4 Å². The van der Waals surface area contributed by atoms with Gasteiger partial charge in [-0.1, -0.05) is 13.8 Å². The van der Waals surface area contributed by atoms with Crippen LogP contribution in [0.4, 0.5) is 4.39 Å². The van der Waals surface area contributed by atoms with Crippen molar-refractivity contribution in [3.8, 4) is 0 Å². The maximum absolute atomic E-state index is 12.7. The van der Waals surface area contributed by atoms with Crippen molar-refractivity contribution in [2.45, 2.75) is 33.3 Å². The van der Waals surface area contributed by atoms with Gasteiger partial charge in [0, 0.05) is 12.2 Å². The van der Waals surface area contributed by atoms with Crippen molar-refractivity contribution < 1.29 is 18.7 Å². The number of nitrogens with one attached hydrogen (secondary N) is 2. The summed E-state index contributed by atoms with van der Waals surface area (Å²) in [4.78, 5) is 23.4. The molecule has 0 aliphatic heterocycles. The number of ether oxygens (including phenoxy) is 1. The summed E-state index contributed by atoms with van der Waals surface area (Å²) in [6, 6.07) is 5.02. The first-order chi connectivity index (χ1) is 9.90. The number of carbonyl (C=O) groups excluding carboxylic acids is 2. The first-order valence-electron chi connectivity index (χ1n) is 6.87. The van der Waals surface area contributed by atoms with Crippen LogP contribution in [0.25, 0.3) is 0 Å². The van der Waals surface area contributed by atoms with E-state index < -0.39 is 23.7 Å². The van der Waals surface area contributed by atoms with Crippen molar-refractivity contribution in [3.63, 3.8) is 0 Å². The monoisotopic (exact) mass is 296 g/mol. The minimum absolute atomic E-state index is 0.255. The van der Waals surface area contributed by atoms with Crippen LogP contribution in [0.2, 0.25) is 0 Å². The first kappa shape index (κ1) is 17.1. The van der Waals surface area contributed by atoms with Crippen molar-refractivity contribution in [1.29, 1.82) is 0 Å². The number of hydrazine groups is 1. The summed E-state index contributed by atoms with van der Waals surface area (Å²) >= 11 is 0. The highest BCUT2D eigenvalue weighted by molar-refractivity contribution is 5.95. The second kappa shape index (κ2) is 8.36. The van der Waals surface area contributed by atoms with Crippen LogP contribution >= 0.6 is 0 Å². The lowest BCUT2D eigenvalue weighted by Gasteiger charge is -2.14. The van der Waals surface area contributed by atoms with Crippen molar-refractivity contribution in [3.05, 3.63) is 35.6 Å². The number of carbonyl (C=O) groups is 2. The predicted octanol–water partition coefficient (Wildman–Crippen LogP) is 2.04. The minimum atomic E-state index is -0.655. The zero-order chi connectivity index (χ0) is 15.8. The molecule has 116 valence electrons. The average Bonchev–Trinajstić information content (AvgIpc) is 2.44. The second-order valence-corrected chi connectivity index (χ2v) is 5.15. The van der Waals surface area contributed by atoms with E-state index in [-0.39, 0.29) is 5.56 Å². The van der Waals surface area contributed by atoms with Crippen LogP contribution in [0.3, 0.4) is 0 Å². The van der Waals surface area contributed by atoms with Gasteiger partial charge in [0.05, 0.1) is 0 Å². The Balaban J connectivity index is 2.34. The molecular weight excluding hydrogens is 275 g/mol. The molecule has 0 heterocycles. The van der Waals surface area contributed by atoms with Crippen LogP contribution in [0.1, 0.15) is 37.6 Å². The summed E-state index contributed by atoms with van der Waals surface area (Å²) in [5.74, 6) is -0.881. The van der Waals surface area contributed by atoms with Crippen LogP contribution in [-0.2, 0) is 9.53 Å². The molecule has 1 aromatic carbocycles. The highest BCUT2D eigenvalue weighted by Crippen LogP contribution is 2.03. The van der Waals surface area contributed by atoms with E-state index in [1.165, 1.54) is 24.3 Å². The molecule has 5 nitrogen and oxygen atoms in total. The normalized spacial score (nSPS) is 12.0. The van der Waals surface area contributed by atoms with Gasteiger partial charge in [-0.2, -0.15) is 0 Å². The van der Waals surface area contributed by atoms with Gasteiger partial charge in [-0.25, -0.2) is 4.39 Å². The zero-order valence-corrected chi connectivity index (χ0v) is 12.5. The van der Waals surface area contributed by atoms with Crippen LogP contribution in [0.15, 0.2) is 24.3 Å². The molecule has 0 saturated heterocycles. The van der Waals surface area contributed by atoms with Gasteiger partial charge in [0.25, 0.3) is 11.8 Å². The third-order valence-corrected chi connectivity index (χ3v) is 2.84. The molecule has 0 aliphatic rings. The number of hydrogen-bond acceptors (Lipinski definition) is 3. The molecular formula is C15H21FN2O3. The van der Waals surface area contributed by atoms with Gasteiger partial charge in [0.2, 0.25) is 0 Å². The van der Waals surface area contributed by atoms with E-state index in [4.69, 9.17) is 4.74 Å². The lowest BCUT2D eigenvalue weighted by Crippen LogP contribution is -2.46. The Kier molecular flexibility index (Phi) is 6.81. The van der Waals surface area contributed by atoms with Crippen molar-refractivity contribution in [2.75, 3.05) is 6.61 Å². The third kappa shape index (κ3) is 6.35. The number of amides is 2. The Morgan fingerprint density at radius 1 is 1.14 bits per heavy atom. The molecule has 0 aliphatic carbocycles. The van der Waals surface area contributed by atoms with Crippen LogP contribution in [-0.4, -0.2) is 24.5 Å². The molecule has 2 N–H and O–H groups in total. The third-order valence-electron chi connectivity index (χ3n) is 2.84. The highest BCUT2D eigenvalue weighted by Gasteiger charge is 2.14. The first-order valence-corrected chi connectivity index (χ1v) is 6.87. The summed E-state index contributed by atoms with van der Waals surface area (Å²) in [5, 5.41) is 0. The summed E-state index contributed by atoms with van der Waals surface area (Å²) in [7, 11) is 0. The summed E-state index contributed by atoms with van der Waals surface area (Å²) in [6.07, 6.45) is 0.205. The largest absolute Gasteiger partial charge is 0.369 e. The Morgan fingerprint density at radius 2 is 1.76 bits per heavy atom. The van der Waals surface area contributed by atoms with Gasteiger partial charge in [0.15, 0.2) is 0 Å². The van der Waals surface area contributed by atoms with E-state index >= 15 is 0 Å². The van der Waals surface area contributed by atoms with Crippen molar-refractivity contribution >= 4 is 11.8 Å². The smallest absolute Gasteiger partial charge is 0.269 e. The predicted molar refractivity (Wildman–Crippen MR) is 76.9 cm³/mol. The van der Waals surface area contributed by atoms with E-state index in [9.17, 15) is 14.0 Å². The van der Waals surface area contributed by atoms with E-state index in [0.29, 0.717) is 12.5 Å². The molecule has 0 aromatic heterocycles. The highest BCUT2D eigenvalue weighted by atomic mass is 19.1. The van der Waals surface area contributed by atoms with Crippen molar-refractivity contribution in [2.24, 2.45) is 5.92 Å². The standard InChI is InChI=1S/C15H21FN2O3/c1-10(2)8-9-21-11(3)14(19)17-18-15(20)12-4-6-13(16)7-5-12/h4-7,10-11H,8-9H2,1-3H3,(H,17,19)(H,18,20). The second-order valence-electron chi connectivity index (χ2n) is 5.15. The lowest BCUT2D eigenvalue weighted by molar-refractivity contribution is -0.132. The van der Waals surface area contributed by atoms with Crippen molar-refractivity contribution in [1.82, 2.24) is 10.9 Å². The van der Waals surface area contributed by atoms with E-state index in [1.54, 1.807) is 6.92 Å². The maximum Gasteiger partial charge on any atom is 0.269 e. The van der Waals surface area contributed by atoms with Crippen LogP contribution < -0.4 is 10.9 Å². The van der Waals surface area contributed by atoms with Gasteiger partial charge in [-0.05, 0) is 43.5 Å². The topological polar surface area (TPSA) is 67.4 Å². The molecule has 0 fully saturated rings. The Hall–Kier alpha value is -1.95. The fraction of sp³-hybridized carbons (Fsp3) is 0.467. The van der Waals surface area contributed by atoms with Crippen LogP contribution in [0, 0.1) is 11.7 Å². The van der Waals surface area contributed by atoms with Gasteiger partial charge in [-0.15, -0.1) is 0 Å². The molecule has 2 amide bonds. The quantitative estimate of drug-likeness (QED) is 0.789. The fourth-order valence-electron chi connectivity index (χ4n) is 1.45. The summed E-state index contributed by atoms with van der Waals surface area (Å²) in [6.45, 7) is 6.23. The van der Waals surface area contributed by atoms with Gasteiger partial charge in [0.1, 0.15) is 11.9 Å². The molecule has 0 spiro atoms. The van der Waals surface area contributed by atoms with E-state index in [1.807, 2.05) is 0 Å². The molecule has 0 radical (unpaired) electrons. The van der Waals surface area contributed by atoms with E-state index in [2.05, 4.69) is 24.7 Å². The molecule has 1 atom stereocenters. The lowest BCUT2D eigenvalue weighted by atomic mass is 10.1. The molecule has 1 unspecified atom stereocenters. The molecule has 6 heteroatoms. The number of halogens is 1. The Bertz CT molecular complexity index is 474. The fourth-order valence-corrected chi connectivity index (χ4v) is 1.45. The molecule has 1 aromatic rings. The molecule has 0 saturated carbocycles. The van der Waals surface area contributed by atoms with Crippen LogP contribution in [0.5, 0.6) is 0 Å². The summed E-state index contributed by atoms with van der Waals surface area (Å²) < 4.78 is 18.1. The number of benzene rings is 1. The zero-order valence-electron chi connectivity index (χ0n) is 12.5. The number of hydrogen-bond donors (Lipinski definition) is 2. The SMILES string of the molecule is CC(C)CCOC(C)C(=O)NNC(=O)c1ccc(F)cc1. The van der Waals surface area contributed by atoms with E-state index in [0.717, 1.165) is 6.42 Å². The molecule has 21 heavy (non-hydrogen) atoms. The number of rotatable bonds is 6. The minimum Gasteiger partial charge on any atom is -0.369 e. The van der Waals surface area contributed by atoms with Gasteiger partial charge >= 0.3 is 0 Å². The Labute approximate surface area is 123 Å². The average molecular weight is 296 g/mol. The molecule has 0 bridgehead atoms. The van der Waals surface area contributed by atoms with Gasteiger partial charge < -0.3 is 4.74 Å².